The highest BCUT2D eigenvalue weighted by Crippen LogP contribution is 2.29. The fraction of sp³-hybridized carbons (Fsp3) is 0.200. The van der Waals surface area contributed by atoms with Crippen molar-refractivity contribution in [3.63, 3.8) is 0 Å². The smallest absolute Gasteiger partial charge is 0.0512 e. The molecule has 0 saturated heterocycles. The van der Waals surface area contributed by atoms with Crippen molar-refractivity contribution in [1.29, 1.82) is 0 Å². The Labute approximate surface area is 127 Å². The number of halogens is 2. The SMILES string of the molecule is Cc1ccccc1CC(NN)c1cc(Cl)ccc1Br. The quantitative estimate of drug-likeness (QED) is 0.648. The Morgan fingerprint density at radius 2 is 2.00 bits per heavy atom. The highest BCUT2D eigenvalue weighted by Gasteiger charge is 2.15. The van der Waals surface area contributed by atoms with E-state index in [0.717, 1.165) is 16.5 Å². The number of rotatable bonds is 4. The van der Waals surface area contributed by atoms with Crippen LogP contribution >= 0.6 is 27.5 Å². The fourth-order valence-electron chi connectivity index (χ4n) is 2.10. The van der Waals surface area contributed by atoms with Crippen LogP contribution in [0.15, 0.2) is 46.9 Å². The van der Waals surface area contributed by atoms with Gasteiger partial charge in [0.15, 0.2) is 0 Å². The van der Waals surface area contributed by atoms with E-state index in [9.17, 15) is 0 Å². The van der Waals surface area contributed by atoms with Crippen molar-refractivity contribution >= 4 is 27.5 Å². The summed E-state index contributed by atoms with van der Waals surface area (Å²) in [4.78, 5) is 0. The van der Waals surface area contributed by atoms with Crippen molar-refractivity contribution in [2.24, 2.45) is 5.84 Å². The summed E-state index contributed by atoms with van der Waals surface area (Å²) in [6.45, 7) is 2.11. The standard InChI is InChI=1S/C15H16BrClN2/c1-10-4-2-3-5-11(10)8-15(19-18)13-9-12(17)6-7-14(13)16/h2-7,9,15,19H,8,18H2,1H3. The molecule has 0 aliphatic heterocycles. The summed E-state index contributed by atoms with van der Waals surface area (Å²) in [6, 6.07) is 14.1. The van der Waals surface area contributed by atoms with E-state index < -0.39 is 0 Å². The second-order valence-electron chi connectivity index (χ2n) is 4.52. The zero-order valence-electron chi connectivity index (χ0n) is 10.7. The first-order valence-corrected chi connectivity index (χ1v) is 7.24. The zero-order valence-corrected chi connectivity index (χ0v) is 13.0. The molecule has 2 aromatic carbocycles. The normalized spacial score (nSPS) is 12.4. The van der Waals surface area contributed by atoms with Gasteiger partial charge in [0.1, 0.15) is 0 Å². The van der Waals surface area contributed by atoms with Gasteiger partial charge in [0.25, 0.3) is 0 Å². The van der Waals surface area contributed by atoms with E-state index in [1.165, 1.54) is 11.1 Å². The van der Waals surface area contributed by atoms with Gasteiger partial charge in [0.05, 0.1) is 6.04 Å². The Morgan fingerprint density at radius 1 is 1.26 bits per heavy atom. The van der Waals surface area contributed by atoms with Crippen LogP contribution in [0.25, 0.3) is 0 Å². The number of hydrazine groups is 1. The molecule has 2 aromatic rings. The molecule has 0 aromatic heterocycles. The maximum absolute atomic E-state index is 6.06. The van der Waals surface area contributed by atoms with Gasteiger partial charge in [-0.2, -0.15) is 0 Å². The lowest BCUT2D eigenvalue weighted by molar-refractivity contribution is 0.549. The molecule has 3 N–H and O–H groups in total. The summed E-state index contributed by atoms with van der Waals surface area (Å²) in [5, 5.41) is 0.711. The Balaban J connectivity index is 2.30. The minimum atomic E-state index is 0.0224. The molecule has 0 fully saturated rings. The first kappa shape index (κ1) is 14.5. The molecule has 0 radical (unpaired) electrons. The number of nitrogens with two attached hydrogens (primary N) is 1. The molecule has 2 rings (SSSR count). The summed E-state index contributed by atoms with van der Waals surface area (Å²) in [5.74, 6) is 5.71. The predicted molar refractivity (Wildman–Crippen MR) is 84.1 cm³/mol. The summed E-state index contributed by atoms with van der Waals surface area (Å²) in [7, 11) is 0. The van der Waals surface area contributed by atoms with Gasteiger partial charge in [-0.3, -0.25) is 11.3 Å². The van der Waals surface area contributed by atoms with Crippen LogP contribution in [0.1, 0.15) is 22.7 Å². The minimum Gasteiger partial charge on any atom is -0.271 e. The molecule has 0 aliphatic rings. The summed E-state index contributed by atoms with van der Waals surface area (Å²) < 4.78 is 1.01. The van der Waals surface area contributed by atoms with Crippen molar-refractivity contribution in [2.45, 2.75) is 19.4 Å². The molecule has 0 aliphatic carbocycles. The Bertz CT molecular complexity index is 572. The minimum absolute atomic E-state index is 0.0224. The van der Waals surface area contributed by atoms with Crippen molar-refractivity contribution in [3.8, 4) is 0 Å². The molecule has 0 amide bonds. The molecule has 0 heterocycles. The number of nitrogens with one attached hydrogen (secondary N) is 1. The number of hydrogen-bond donors (Lipinski definition) is 2. The van der Waals surface area contributed by atoms with E-state index >= 15 is 0 Å². The van der Waals surface area contributed by atoms with E-state index in [0.29, 0.717) is 5.02 Å². The molecule has 1 unspecified atom stereocenters. The molecular weight excluding hydrogens is 324 g/mol. The van der Waals surface area contributed by atoms with E-state index in [1.807, 2.05) is 30.3 Å². The lowest BCUT2D eigenvalue weighted by atomic mass is 9.96. The van der Waals surface area contributed by atoms with Crippen LogP contribution in [0.3, 0.4) is 0 Å². The van der Waals surface area contributed by atoms with Crippen LogP contribution in [0, 0.1) is 6.92 Å². The van der Waals surface area contributed by atoms with Gasteiger partial charge in [-0.1, -0.05) is 51.8 Å². The molecule has 100 valence electrons. The van der Waals surface area contributed by atoms with E-state index in [1.54, 1.807) is 0 Å². The van der Waals surface area contributed by atoms with Crippen molar-refractivity contribution in [1.82, 2.24) is 5.43 Å². The van der Waals surface area contributed by atoms with Gasteiger partial charge in [-0.25, -0.2) is 0 Å². The third kappa shape index (κ3) is 3.57. The van der Waals surface area contributed by atoms with Crippen molar-refractivity contribution in [3.05, 3.63) is 68.7 Å². The number of hydrogen-bond acceptors (Lipinski definition) is 2. The van der Waals surface area contributed by atoms with Crippen LogP contribution in [0.4, 0.5) is 0 Å². The van der Waals surface area contributed by atoms with Crippen LogP contribution < -0.4 is 11.3 Å². The molecule has 4 heteroatoms. The molecule has 0 bridgehead atoms. The second-order valence-corrected chi connectivity index (χ2v) is 5.81. The zero-order chi connectivity index (χ0) is 13.8. The van der Waals surface area contributed by atoms with Gasteiger partial charge >= 0.3 is 0 Å². The Hall–Kier alpha value is -0.870. The number of aryl methyl sites for hydroxylation is 1. The average molecular weight is 340 g/mol. The maximum Gasteiger partial charge on any atom is 0.0512 e. The summed E-state index contributed by atoms with van der Waals surface area (Å²) in [5.41, 5.74) is 6.48. The van der Waals surface area contributed by atoms with Crippen molar-refractivity contribution < 1.29 is 0 Å². The first-order chi connectivity index (χ1) is 9.11. The largest absolute Gasteiger partial charge is 0.271 e. The lowest BCUT2D eigenvalue weighted by Gasteiger charge is -2.19. The van der Waals surface area contributed by atoms with Gasteiger partial charge in [0.2, 0.25) is 0 Å². The lowest BCUT2D eigenvalue weighted by Crippen LogP contribution is -2.30. The predicted octanol–water partition coefficient (Wildman–Crippen LogP) is 4.16. The summed E-state index contributed by atoms with van der Waals surface area (Å²) >= 11 is 9.61. The van der Waals surface area contributed by atoms with Gasteiger partial charge < -0.3 is 0 Å². The van der Waals surface area contributed by atoms with Gasteiger partial charge in [0, 0.05) is 9.50 Å². The molecular formula is C15H16BrClN2. The van der Waals surface area contributed by atoms with Crippen LogP contribution in [-0.2, 0) is 6.42 Å². The molecule has 0 saturated carbocycles. The second kappa shape index (κ2) is 6.53. The first-order valence-electron chi connectivity index (χ1n) is 6.07. The molecule has 19 heavy (non-hydrogen) atoms. The molecule has 0 spiro atoms. The average Bonchev–Trinajstić information content (AvgIpc) is 2.41. The van der Waals surface area contributed by atoms with Gasteiger partial charge in [-0.05, 0) is 48.2 Å². The Kier molecular flexibility index (Phi) is 4.99. The van der Waals surface area contributed by atoms with Crippen molar-refractivity contribution in [2.75, 3.05) is 0 Å². The van der Waals surface area contributed by atoms with E-state index in [2.05, 4.69) is 40.4 Å². The summed E-state index contributed by atoms with van der Waals surface area (Å²) in [6.07, 6.45) is 0.822. The van der Waals surface area contributed by atoms with Gasteiger partial charge in [-0.15, -0.1) is 0 Å². The van der Waals surface area contributed by atoms with Crippen LogP contribution in [-0.4, -0.2) is 0 Å². The van der Waals surface area contributed by atoms with Crippen LogP contribution in [0.5, 0.6) is 0 Å². The van der Waals surface area contributed by atoms with Crippen LogP contribution in [0.2, 0.25) is 5.02 Å². The van der Waals surface area contributed by atoms with E-state index in [-0.39, 0.29) is 6.04 Å². The number of benzene rings is 2. The third-order valence-electron chi connectivity index (χ3n) is 3.22. The monoisotopic (exact) mass is 338 g/mol. The molecule has 2 nitrogen and oxygen atoms in total. The van der Waals surface area contributed by atoms with E-state index in [4.69, 9.17) is 17.4 Å². The topological polar surface area (TPSA) is 38.0 Å². The fourth-order valence-corrected chi connectivity index (χ4v) is 2.80. The highest BCUT2D eigenvalue weighted by molar-refractivity contribution is 9.10. The molecule has 1 atom stereocenters. The maximum atomic E-state index is 6.06. The third-order valence-corrected chi connectivity index (χ3v) is 4.18. The Morgan fingerprint density at radius 3 is 2.68 bits per heavy atom. The highest BCUT2D eigenvalue weighted by atomic mass is 79.9.